The minimum atomic E-state index is -0.0935. The Bertz CT molecular complexity index is 513. The summed E-state index contributed by atoms with van der Waals surface area (Å²) in [5, 5.41) is 3.71. The standard InChI is InChI=1S/C9H9N3O2/c1-12-3-2-6(4-9(12)13)7-5-8(10)14-11-7/h2-5H,10H2,1H3. The summed E-state index contributed by atoms with van der Waals surface area (Å²) in [6.45, 7) is 0. The minimum absolute atomic E-state index is 0.0935. The van der Waals surface area contributed by atoms with Crippen LogP contribution < -0.4 is 11.3 Å². The van der Waals surface area contributed by atoms with Crippen LogP contribution in [-0.2, 0) is 7.05 Å². The minimum Gasteiger partial charge on any atom is -0.368 e. The van der Waals surface area contributed by atoms with Gasteiger partial charge in [0.05, 0.1) is 0 Å². The van der Waals surface area contributed by atoms with Crippen LogP contribution in [0.25, 0.3) is 11.3 Å². The molecule has 0 saturated heterocycles. The molecule has 0 amide bonds. The Morgan fingerprint density at radius 2 is 2.29 bits per heavy atom. The zero-order chi connectivity index (χ0) is 10.1. The molecule has 2 N–H and O–H groups in total. The number of nitrogens with two attached hydrogens (primary N) is 1. The smallest absolute Gasteiger partial charge is 0.250 e. The Morgan fingerprint density at radius 1 is 1.50 bits per heavy atom. The van der Waals surface area contributed by atoms with E-state index in [1.807, 2.05) is 0 Å². The van der Waals surface area contributed by atoms with Crippen LogP contribution in [0.1, 0.15) is 0 Å². The van der Waals surface area contributed by atoms with Gasteiger partial charge in [-0.25, -0.2) is 0 Å². The van der Waals surface area contributed by atoms with Gasteiger partial charge in [0.2, 0.25) is 5.88 Å². The molecule has 0 bridgehead atoms. The average molecular weight is 191 g/mol. The maximum Gasteiger partial charge on any atom is 0.250 e. The van der Waals surface area contributed by atoms with Crippen molar-refractivity contribution in [2.24, 2.45) is 7.05 Å². The molecular weight excluding hydrogens is 182 g/mol. The summed E-state index contributed by atoms with van der Waals surface area (Å²) in [6.07, 6.45) is 1.67. The summed E-state index contributed by atoms with van der Waals surface area (Å²) in [5.41, 5.74) is 6.55. The van der Waals surface area contributed by atoms with Gasteiger partial charge in [-0.05, 0) is 6.07 Å². The van der Waals surface area contributed by atoms with E-state index in [0.29, 0.717) is 11.3 Å². The maximum absolute atomic E-state index is 11.3. The number of aryl methyl sites for hydroxylation is 1. The largest absolute Gasteiger partial charge is 0.368 e. The van der Waals surface area contributed by atoms with Crippen molar-refractivity contribution in [3.63, 3.8) is 0 Å². The van der Waals surface area contributed by atoms with Crippen molar-refractivity contribution >= 4 is 5.88 Å². The third kappa shape index (κ3) is 1.39. The summed E-state index contributed by atoms with van der Waals surface area (Å²) in [7, 11) is 1.68. The predicted octanol–water partition coefficient (Wildman–Crippen LogP) is 0.622. The van der Waals surface area contributed by atoms with Crippen molar-refractivity contribution in [1.82, 2.24) is 9.72 Å². The predicted molar refractivity (Wildman–Crippen MR) is 51.6 cm³/mol. The quantitative estimate of drug-likeness (QED) is 0.717. The Hall–Kier alpha value is -2.04. The normalized spacial score (nSPS) is 10.4. The first kappa shape index (κ1) is 8.55. The second kappa shape index (κ2) is 3.02. The summed E-state index contributed by atoms with van der Waals surface area (Å²) >= 11 is 0. The molecule has 0 radical (unpaired) electrons. The Kier molecular flexibility index (Phi) is 1.85. The Morgan fingerprint density at radius 3 is 2.86 bits per heavy atom. The fraction of sp³-hybridized carbons (Fsp3) is 0.111. The van der Waals surface area contributed by atoms with Crippen molar-refractivity contribution < 1.29 is 4.52 Å². The van der Waals surface area contributed by atoms with Crippen molar-refractivity contribution in [3.05, 3.63) is 34.7 Å². The van der Waals surface area contributed by atoms with Gasteiger partial charge in [-0.2, -0.15) is 0 Å². The number of hydrogen-bond donors (Lipinski definition) is 1. The van der Waals surface area contributed by atoms with E-state index >= 15 is 0 Å². The van der Waals surface area contributed by atoms with Gasteiger partial charge < -0.3 is 14.8 Å². The lowest BCUT2D eigenvalue weighted by molar-refractivity contribution is 0.439. The molecule has 2 rings (SSSR count). The van der Waals surface area contributed by atoms with E-state index in [9.17, 15) is 4.79 Å². The van der Waals surface area contributed by atoms with Crippen LogP contribution in [0.3, 0.4) is 0 Å². The monoisotopic (exact) mass is 191 g/mol. The first-order chi connectivity index (χ1) is 6.66. The molecule has 2 aromatic heterocycles. The summed E-state index contributed by atoms with van der Waals surface area (Å²) < 4.78 is 6.19. The third-order valence-electron chi connectivity index (χ3n) is 1.93. The van der Waals surface area contributed by atoms with Crippen LogP contribution in [-0.4, -0.2) is 9.72 Å². The van der Waals surface area contributed by atoms with Crippen LogP contribution in [0.4, 0.5) is 5.88 Å². The molecule has 14 heavy (non-hydrogen) atoms. The molecule has 2 heterocycles. The molecule has 72 valence electrons. The highest BCUT2D eigenvalue weighted by Gasteiger charge is 2.04. The molecule has 0 saturated carbocycles. The topological polar surface area (TPSA) is 74.1 Å². The van der Waals surface area contributed by atoms with Crippen molar-refractivity contribution in [3.8, 4) is 11.3 Å². The Labute approximate surface area is 79.7 Å². The molecule has 5 heteroatoms. The number of nitrogen functional groups attached to an aromatic ring is 1. The van der Waals surface area contributed by atoms with Gasteiger partial charge in [-0.1, -0.05) is 5.16 Å². The SMILES string of the molecule is Cn1ccc(-c2cc(N)on2)cc1=O. The van der Waals surface area contributed by atoms with E-state index in [2.05, 4.69) is 5.16 Å². The fourth-order valence-corrected chi connectivity index (χ4v) is 1.13. The van der Waals surface area contributed by atoms with Gasteiger partial charge in [0.15, 0.2) is 0 Å². The lowest BCUT2D eigenvalue weighted by Crippen LogP contribution is -2.14. The van der Waals surface area contributed by atoms with Crippen LogP contribution in [0.5, 0.6) is 0 Å². The molecule has 0 atom stereocenters. The van der Waals surface area contributed by atoms with Crippen molar-refractivity contribution in [2.45, 2.75) is 0 Å². The third-order valence-corrected chi connectivity index (χ3v) is 1.93. The highest BCUT2D eigenvalue weighted by atomic mass is 16.5. The number of hydrogen-bond acceptors (Lipinski definition) is 4. The maximum atomic E-state index is 11.3. The number of aromatic nitrogens is 2. The van der Waals surface area contributed by atoms with Crippen LogP contribution in [0.15, 0.2) is 33.7 Å². The number of nitrogens with zero attached hydrogens (tertiary/aromatic N) is 2. The molecule has 0 aliphatic rings. The van der Waals surface area contributed by atoms with Crippen LogP contribution in [0.2, 0.25) is 0 Å². The van der Waals surface area contributed by atoms with Gasteiger partial charge in [0, 0.05) is 30.9 Å². The molecule has 0 aliphatic carbocycles. The lowest BCUT2D eigenvalue weighted by Gasteiger charge is -1.97. The van der Waals surface area contributed by atoms with Gasteiger partial charge in [-0.15, -0.1) is 0 Å². The molecule has 2 aromatic rings. The van der Waals surface area contributed by atoms with Crippen LogP contribution in [0, 0.1) is 0 Å². The van der Waals surface area contributed by atoms with E-state index in [0.717, 1.165) is 0 Å². The van der Waals surface area contributed by atoms with Gasteiger partial charge in [-0.3, -0.25) is 4.79 Å². The summed E-state index contributed by atoms with van der Waals surface area (Å²) in [4.78, 5) is 11.3. The van der Waals surface area contributed by atoms with Crippen molar-refractivity contribution in [2.75, 3.05) is 5.73 Å². The molecule has 0 aliphatic heterocycles. The second-order valence-corrected chi connectivity index (χ2v) is 2.98. The zero-order valence-corrected chi connectivity index (χ0v) is 7.60. The van der Waals surface area contributed by atoms with Crippen molar-refractivity contribution in [1.29, 1.82) is 0 Å². The van der Waals surface area contributed by atoms with Gasteiger partial charge >= 0.3 is 0 Å². The first-order valence-corrected chi connectivity index (χ1v) is 4.06. The van der Waals surface area contributed by atoms with Gasteiger partial charge in [0.1, 0.15) is 5.69 Å². The molecular formula is C9H9N3O2. The zero-order valence-electron chi connectivity index (χ0n) is 7.60. The highest BCUT2D eigenvalue weighted by Crippen LogP contribution is 2.17. The number of pyridine rings is 1. The number of anilines is 1. The Balaban J connectivity index is 2.53. The highest BCUT2D eigenvalue weighted by molar-refractivity contribution is 5.60. The number of rotatable bonds is 1. The summed E-state index contributed by atoms with van der Waals surface area (Å²) in [6, 6.07) is 4.84. The summed E-state index contributed by atoms with van der Waals surface area (Å²) in [5.74, 6) is 0.237. The van der Waals surface area contributed by atoms with E-state index in [4.69, 9.17) is 10.3 Å². The van der Waals surface area contributed by atoms with Gasteiger partial charge in [0.25, 0.3) is 5.56 Å². The van der Waals surface area contributed by atoms with E-state index in [-0.39, 0.29) is 11.4 Å². The molecule has 0 unspecified atom stereocenters. The second-order valence-electron chi connectivity index (χ2n) is 2.98. The van der Waals surface area contributed by atoms with E-state index in [1.165, 1.54) is 10.6 Å². The molecule has 0 aromatic carbocycles. The fourth-order valence-electron chi connectivity index (χ4n) is 1.13. The molecule has 0 fully saturated rings. The lowest BCUT2D eigenvalue weighted by atomic mass is 10.2. The average Bonchev–Trinajstić information content (AvgIpc) is 2.57. The van der Waals surface area contributed by atoms with E-state index in [1.54, 1.807) is 25.4 Å². The first-order valence-electron chi connectivity index (χ1n) is 4.06. The van der Waals surface area contributed by atoms with Crippen LogP contribution >= 0.6 is 0 Å². The molecule has 0 spiro atoms. The molecule has 5 nitrogen and oxygen atoms in total. The van der Waals surface area contributed by atoms with E-state index < -0.39 is 0 Å².